The van der Waals surface area contributed by atoms with E-state index < -0.39 is 0 Å². The van der Waals surface area contributed by atoms with Crippen LogP contribution in [0, 0.1) is 5.82 Å². The van der Waals surface area contributed by atoms with E-state index >= 15 is 0 Å². The van der Waals surface area contributed by atoms with Crippen molar-refractivity contribution in [3.63, 3.8) is 0 Å². The molecule has 1 atom stereocenters. The van der Waals surface area contributed by atoms with Crippen LogP contribution in [0.5, 0.6) is 5.75 Å². The minimum atomic E-state index is -0.195. The first-order valence-electron chi connectivity index (χ1n) is 7.00. The number of hydrogen-bond acceptors (Lipinski definition) is 2. The molecule has 0 radical (unpaired) electrons. The molecule has 20 heavy (non-hydrogen) atoms. The van der Waals surface area contributed by atoms with Gasteiger partial charge in [-0.25, -0.2) is 4.39 Å². The molecule has 0 unspecified atom stereocenters. The van der Waals surface area contributed by atoms with Crippen LogP contribution in [0.3, 0.4) is 0 Å². The molecule has 0 amide bonds. The minimum absolute atomic E-state index is 0.195. The van der Waals surface area contributed by atoms with E-state index in [1.165, 1.54) is 17.7 Å². The van der Waals surface area contributed by atoms with Crippen LogP contribution >= 0.6 is 0 Å². The van der Waals surface area contributed by atoms with Crippen LogP contribution < -0.4 is 5.32 Å². The molecule has 2 nitrogen and oxygen atoms in total. The van der Waals surface area contributed by atoms with Gasteiger partial charge in [0.2, 0.25) is 0 Å². The lowest BCUT2D eigenvalue weighted by molar-refractivity contribution is 0.417. The topological polar surface area (TPSA) is 32.3 Å². The standard InChI is InChI=1S/C17H18FNO/c18-16-8-9-17(20)15-10-13(6-7-14(15)16)19-11-12-4-2-1-3-5-12/h1-5,8-9,13,19-20H,6-7,10-11H2/t13-/m1/s1. The maximum Gasteiger partial charge on any atom is 0.126 e. The summed E-state index contributed by atoms with van der Waals surface area (Å²) in [5, 5.41) is 13.4. The first-order chi connectivity index (χ1) is 9.74. The van der Waals surface area contributed by atoms with Crippen molar-refractivity contribution in [2.45, 2.75) is 31.8 Å². The van der Waals surface area contributed by atoms with E-state index in [9.17, 15) is 9.50 Å². The molecule has 3 rings (SSSR count). The van der Waals surface area contributed by atoms with E-state index in [1.807, 2.05) is 18.2 Å². The predicted octanol–water partition coefficient (Wildman–Crippen LogP) is 3.18. The molecule has 2 N–H and O–H groups in total. The molecule has 1 aliphatic rings. The Labute approximate surface area is 118 Å². The summed E-state index contributed by atoms with van der Waals surface area (Å²) in [7, 11) is 0. The molecule has 3 heteroatoms. The van der Waals surface area contributed by atoms with Gasteiger partial charge in [-0.1, -0.05) is 30.3 Å². The van der Waals surface area contributed by atoms with Gasteiger partial charge in [-0.15, -0.1) is 0 Å². The Bertz CT molecular complexity index is 597. The van der Waals surface area contributed by atoms with Crippen LogP contribution in [-0.2, 0) is 19.4 Å². The van der Waals surface area contributed by atoms with Gasteiger partial charge in [0.1, 0.15) is 11.6 Å². The van der Waals surface area contributed by atoms with Crippen molar-refractivity contribution in [3.8, 4) is 5.75 Å². The highest BCUT2D eigenvalue weighted by Gasteiger charge is 2.23. The van der Waals surface area contributed by atoms with Crippen LogP contribution in [0.2, 0.25) is 0 Å². The molecule has 0 bridgehead atoms. The lowest BCUT2D eigenvalue weighted by Crippen LogP contribution is -2.34. The van der Waals surface area contributed by atoms with Gasteiger partial charge < -0.3 is 10.4 Å². The number of nitrogens with one attached hydrogen (secondary N) is 1. The summed E-state index contributed by atoms with van der Waals surface area (Å²) < 4.78 is 13.7. The predicted molar refractivity (Wildman–Crippen MR) is 77.2 cm³/mol. The Balaban J connectivity index is 1.68. The van der Waals surface area contributed by atoms with Crippen LogP contribution in [0.4, 0.5) is 4.39 Å². The van der Waals surface area contributed by atoms with E-state index in [0.717, 1.165) is 18.5 Å². The monoisotopic (exact) mass is 271 g/mol. The summed E-state index contributed by atoms with van der Waals surface area (Å²) >= 11 is 0. The largest absolute Gasteiger partial charge is 0.508 e. The summed E-state index contributed by atoms with van der Waals surface area (Å²) in [6.07, 6.45) is 2.27. The number of fused-ring (bicyclic) bond motifs is 1. The van der Waals surface area contributed by atoms with Gasteiger partial charge in [0.15, 0.2) is 0 Å². The number of hydrogen-bond donors (Lipinski definition) is 2. The van der Waals surface area contributed by atoms with E-state index in [1.54, 1.807) is 0 Å². The fourth-order valence-corrected chi connectivity index (χ4v) is 2.85. The van der Waals surface area contributed by atoms with Gasteiger partial charge >= 0.3 is 0 Å². The fraction of sp³-hybridized carbons (Fsp3) is 0.294. The van der Waals surface area contributed by atoms with Gasteiger partial charge in [0.05, 0.1) is 0 Å². The molecule has 2 aromatic carbocycles. The van der Waals surface area contributed by atoms with Crippen LogP contribution in [0.15, 0.2) is 42.5 Å². The number of phenolic OH excluding ortho intramolecular Hbond substituents is 1. The van der Waals surface area contributed by atoms with Crippen molar-refractivity contribution >= 4 is 0 Å². The molecule has 0 heterocycles. The first kappa shape index (κ1) is 13.1. The van der Waals surface area contributed by atoms with Crippen molar-refractivity contribution in [2.24, 2.45) is 0 Å². The average Bonchev–Trinajstić information content (AvgIpc) is 2.50. The Morgan fingerprint density at radius 2 is 1.90 bits per heavy atom. The molecule has 104 valence electrons. The zero-order valence-corrected chi connectivity index (χ0v) is 11.3. The van der Waals surface area contributed by atoms with Crippen molar-refractivity contribution in [2.75, 3.05) is 0 Å². The molecule has 0 fully saturated rings. The van der Waals surface area contributed by atoms with Gasteiger partial charge in [-0.2, -0.15) is 0 Å². The highest BCUT2D eigenvalue weighted by molar-refractivity contribution is 5.42. The first-order valence-corrected chi connectivity index (χ1v) is 7.00. The van der Waals surface area contributed by atoms with Crippen molar-refractivity contribution < 1.29 is 9.50 Å². The lowest BCUT2D eigenvalue weighted by Gasteiger charge is -2.26. The van der Waals surface area contributed by atoms with Crippen molar-refractivity contribution in [1.82, 2.24) is 5.32 Å². The lowest BCUT2D eigenvalue weighted by atomic mass is 9.87. The Morgan fingerprint density at radius 3 is 2.70 bits per heavy atom. The van der Waals surface area contributed by atoms with Gasteiger partial charge in [0.25, 0.3) is 0 Å². The van der Waals surface area contributed by atoms with Gasteiger partial charge in [-0.3, -0.25) is 0 Å². The summed E-state index contributed by atoms with van der Waals surface area (Å²) in [5.74, 6) is 0.0203. The molecule has 0 aromatic heterocycles. The number of halogens is 1. The van der Waals surface area contributed by atoms with E-state index in [-0.39, 0.29) is 17.6 Å². The van der Waals surface area contributed by atoms with E-state index in [2.05, 4.69) is 17.4 Å². The second-order valence-electron chi connectivity index (χ2n) is 5.33. The average molecular weight is 271 g/mol. The maximum atomic E-state index is 13.7. The van der Waals surface area contributed by atoms with Crippen molar-refractivity contribution in [1.29, 1.82) is 0 Å². The third-order valence-corrected chi connectivity index (χ3v) is 3.98. The van der Waals surface area contributed by atoms with Crippen LogP contribution in [0.25, 0.3) is 0 Å². The van der Waals surface area contributed by atoms with Crippen LogP contribution in [0.1, 0.15) is 23.1 Å². The van der Waals surface area contributed by atoms with E-state index in [0.29, 0.717) is 18.4 Å². The molecule has 0 saturated carbocycles. The van der Waals surface area contributed by atoms with E-state index in [4.69, 9.17) is 0 Å². The second-order valence-corrected chi connectivity index (χ2v) is 5.33. The molecular weight excluding hydrogens is 253 g/mol. The normalized spacial score (nSPS) is 17.8. The summed E-state index contributed by atoms with van der Waals surface area (Å²) in [5.41, 5.74) is 2.69. The second kappa shape index (κ2) is 5.63. The summed E-state index contributed by atoms with van der Waals surface area (Å²) in [6, 6.07) is 13.3. The number of aromatic hydroxyl groups is 1. The van der Waals surface area contributed by atoms with Crippen LogP contribution in [-0.4, -0.2) is 11.1 Å². The molecule has 0 aliphatic heterocycles. The number of rotatable bonds is 3. The summed E-state index contributed by atoms with van der Waals surface area (Å²) in [4.78, 5) is 0. The molecule has 1 aliphatic carbocycles. The van der Waals surface area contributed by atoms with Crippen molar-refractivity contribution in [3.05, 3.63) is 65.0 Å². The van der Waals surface area contributed by atoms with Gasteiger partial charge in [0, 0.05) is 18.2 Å². The Hall–Kier alpha value is -1.87. The molecule has 2 aromatic rings. The zero-order chi connectivity index (χ0) is 13.9. The third-order valence-electron chi connectivity index (χ3n) is 3.98. The quantitative estimate of drug-likeness (QED) is 0.898. The highest BCUT2D eigenvalue weighted by atomic mass is 19.1. The maximum absolute atomic E-state index is 13.7. The third kappa shape index (κ3) is 2.68. The molecule has 0 spiro atoms. The SMILES string of the molecule is Oc1ccc(F)c2c1C[C@H](NCc1ccccc1)CC2. The number of phenols is 1. The number of benzene rings is 2. The highest BCUT2D eigenvalue weighted by Crippen LogP contribution is 2.30. The Morgan fingerprint density at radius 1 is 1.10 bits per heavy atom. The van der Waals surface area contributed by atoms with Gasteiger partial charge in [-0.05, 0) is 42.5 Å². The molecule has 0 saturated heterocycles. The fourth-order valence-electron chi connectivity index (χ4n) is 2.85. The minimum Gasteiger partial charge on any atom is -0.508 e. The smallest absolute Gasteiger partial charge is 0.126 e. The zero-order valence-electron chi connectivity index (χ0n) is 11.3. The summed E-state index contributed by atoms with van der Waals surface area (Å²) in [6.45, 7) is 0.802. The Kier molecular flexibility index (Phi) is 3.70. The molecular formula is C17H18FNO.